The van der Waals surface area contributed by atoms with Crippen LogP contribution in [0.25, 0.3) is 0 Å². The summed E-state index contributed by atoms with van der Waals surface area (Å²) < 4.78 is 52.2. The highest BCUT2D eigenvalue weighted by Crippen LogP contribution is 2.49. The molecule has 0 atom stereocenters. The van der Waals surface area contributed by atoms with Gasteiger partial charge < -0.3 is 0 Å². The van der Waals surface area contributed by atoms with Gasteiger partial charge in [-0.05, 0) is 64.2 Å². The van der Waals surface area contributed by atoms with E-state index in [1.165, 1.54) is 0 Å². The van der Waals surface area contributed by atoms with Crippen molar-refractivity contribution in [3.05, 3.63) is 0 Å². The Bertz CT molecular complexity index is 409. The molecule has 0 saturated heterocycles. The summed E-state index contributed by atoms with van der Waals surface area (Å²) in [7, 11) is -3.39. The van der Waals surface area contributed by atoms with Crippen molar-refractivity contribution >= 4 is 9.84 Å². The molecule has 0 aromatic carbocycles. The lowest BCUT2D eigenvalue weighted by molar-refractivity contribution is 0.196. The van der Waals surface area contributed by atoms with Crippen LogP contribution in [0.5, 0.6) is 0 Å². The average molecular weight is 322 g/mol. The van der Waals surface area contributed by atoms with Gasteiger partial charge in [0, 0.05) is 0 Å². The molecule has 0 bridgehead atoms. The minimum absolute atomic E-state index is 0.346. The van der Waals surface area contributed by atoms with Gasteiger partial charge >= 0.3 is 0 Å². The molecule has 0 spiro atoms. The molecule has 2 saturated carbocycles. The van der Waals surface area contributed by atoms with Gasteiger partial charge in [-0.15, -0.1) is 0 Å². The maximum atomic E-state index is 13.5. The Kier molecular flexibility index (Phi) is 5.01. The molecule has 2 aliphatic rings. The van der Waals surface area contributed by atoms with Crippen LogP contribution >= 0.6 is 0 Å². The summed E-state index contributed by atoms with van der Waals surface area (Å²) in [5.74, 6) is 0. The maximum absolute atomic E-state index is 13.5. The van der Waals surface area contributed by atoms with E-state index in [2.05, 4.69) is 0 Å². The molecule has 0 amide bonds. The van der Waals surface area contributed by atoms with Crippen molar-refractivity contribution < 1.29 is 17.2 Å². The number of hydrogen-bond acceptors (Lipinski definition) is 2. The first-order chi connectivity index (χ1) is 9.82. The third kappa shape index (κ3) is 2.75. The van der Waals surface area contributed by atoms with Crippen molar-refractivity contribution in [1.82, 2.24) is 0 Å². The summed E-state index contributed by atoms with van der Waals surface area (Å²) in [6.45, 7) is 3.81. The zero-order valence-electron chi connectivity index (χ0n) is 13.2. The minimum atomic E-state index is -3.39. The Labute approximate surface area is 127 Å². The molecule has 0 radical (unpaired) electrons. The van der Waals surface area contributed by atoms with Crippen LogP contribution in [-0.4, -0.2) is 30.3 Å². The second-order valence-electron chi connectivity index (χ2n) is 6.93. The predicted octanol–water partition coefficient (Wildman–Crippen LogP) is 4.52. The van der Waals surface area contributed by atoms with Gasteiger partial charge in [-0.3, -0.25) is 0 Å². The molecule has 2 rings (SSSR count). The minimum Gasteiger partial charge on any atom is -0.247 e. The fraction of sp³-hybridized carbons (Fsp3) is 1.00. The Morgan fingerprint density at radius 1 is 0.810 bits per heavy atom. The molecule has 21 heavy (non-hydrogen) atoms. The number of hydrogen-bond donors (Lipinski definition) is 0. The molecule has 0 aliphatic heterocycles. The third-order valence-electron chi connectivity index (χ3n) is 6.08. The molecule has 0 unspecified atom stereocenters. The van der Waals surface area contributed by atoms with E-state index in [9.17, 15) is 17.2 Å². The Balaban J connectivity index is 2.34. The van der Waals surface area contributed by atoms with Crippen LogP contribution in [0.1, 0.15) is 78.1 Å². The standard InChI is InChI=1S/C16H28F2O2S/c1-3-15(9-5-13(17)6-10-15)21(19,20)16(4-2)11-7-14(18)8-12-16/h13-14H,3-12H2,1-2H3. The highest BCUT2D eigenvalue weighted by molar-refractivity contribution is 7.94. The maximum Gasteiger partial charge on any atom is 0.161 e. The van der Waals surface area contributed by atoms with E-state index in [-0.39, 0.29) is 0 Å². The van der Waals surface area contributed by atoms with Crippen LogP contribution in [-0.2, 0) is 9.84 Å². The van der Waals surface area contributed by atoms with Crippen molar-refractivity contribution in [1.29, 1.82) is 0 Å². The van der Waals surface area contributed by atoms with Crippen molar-refractivity contribution in [2.45, 2.75) is 99.9 Å². The van der Waals surface area contributed by atoms with Crippen LogP contribution < -0.4 is 0 Å². The zero-order valence-corrected chi connectivity index (χ0v) is 14.0. The lowest BCUT2D eigenvalue weighted by Gasteiger charge is -2.47. The Morgan fingerprint density at radius 2 is 1.10 bits per heavy atom. The summed E-state index contributed by atoms with van der Waals surface area (Å²) in [4.78, 5) is 0. The van der Waals surface area contributed by atoms with Gasteiger partial charge in [0.05, 0.1) is 9.49 Å². The lowest BCUT2D eigenvalue weighted by Crippen LogP contribution is -2.54. The van der Waals surface area contributed by atoms with Crippen molar-refractivity contribution in [3.8, 4) is 0 Å². The van der Waals surface area contributed by atoms with Gasteiger partial charge in [0.25, 0.3) is 0 Å². The second kappa shape index (κ2) is 6.13. The molecule has 0 N–H and O–H groups in total. The molecule has 0 aromatic heterocycles. The molecule has 0 aromatic rings. The summed E-state index contributed by atoms with van der Waals surface area (Å²) in [5.41, 5.74) is 0. The van der Waals surface area contributed by atoms with Crippen LogP contribution in [0.3, 0.4) is 0 Å². The van der Waals surface area contributed by atoms with Gasteiger partial charge in [0.1, 0.15) is 12.3 Å². The van der Waals surface area contributed by atoms with E-state index in [1.54, 1.807) is 0 Å². The fourth-order valence-corrected chi connectivity index (χ4v) is 7.53. The van der Waals surface area contributed by atoms with Gasteiger partial charge in [0.2, 0.25) is 0 Å². The summed E-state index contributed by atoms with van der Waals surface area (Å²) >= 11 is 0. The largest absolute Gasteiger partial charge is 0.247 e. The van der Waals surface area contributed by atoms with Gasteiger partial charge in [0.15, 0.2) is 9.84 Å². The van der Waals surface area contributed by atoms with Crippen LogP contribution in [0, 0.1) is 0 Å². The fourth-order valence-electron chi connectivity index (χ4n) is 4.30. The second-order valence-corrected chi connectivity index (χ2v) is 9.66. The van der Waals surface area contributed by atoms with E-state index in [0.717, 1.165) is 0 Å². The number of halogens is 2. The summed E-state index contributed by atoms with van der Waals surface area (Å²) in [6.07, 6.45) is 2.45. The molecule has 2 aliphatic carbocycles. The molecular formula is C16H28F2O2S. The van der Waals surface area contributed by atoms with Gasteiger partial charge in [-0.25, -0.2) is 17.2 Å². The Hall–Kier alpha value is -0.190. The number of sulfone groups is 1. The monoisotopic (exact) mass is 322 g/mol. The van der Waals surface area contributed by atoms with E-state index in [4.69, 9.17) is 0 Å². The van der Waals surface area contributed by atoms with Crippen molar-refractivity contribution in [2.75, 3.05) is 0 Å². The van der Waals surface area contributed by atoms with E-state index in [0.29, 0.717) is 64.2 Å². The zero-order chi connectivity index (χ0) is 15.7. The van der Waals surface area contributed by atoms with Crippen molar-refractivity contribution in [3.63, 3.8) is 0 Å². The first kappa shape index (κ1) is 17.2. The van der Waals surface area contributed by atoms with Crippen LogP contribution in [0.2, 0.25) is 0 Å². The molecular weight excluding hydrogens is 294 g/mol. The predicted molar refractivity (Wildman–Crippen MR) is 81.7 cm³/mol. The molecule has 0 heterocycles. The lowest BCUT2D eigenvalue weighted by atomic mass is 9.84. The molecule has 124 valence electrons. The Morgan fingerprint density at radius 3 is 1.33 bits per heavy atom. The highest BCUT2D eigenvalue weighted by atomic mass is 32.2. The van der Waals surface area contributed by atoms with Crippen LogP contribution in [0.15, 0.2) is 0 Å². The van der Waals surface area contributed by atoms with E-state index >= 15 is 0 Å². The molecule has 5 heteroatoms. The summed E-state index contributed by atoms with van der Waals surface area (Å²) in [5, 5.41) is 0. The SMILES string of the molecule is CCC1(S(=O)(=O)C2(CC)CCC(F)CC2)CCC(F)CC1. The number of alkyl halides is 2. The average Bonchev–Trinajstić information content (AvgIpc) is 2.49. The van der Waals surface area contributed by atoms with Crippen molar-refractivity contribution in [2.24, 2.45) is 0 Å². The van der Waals surface area contributed by atoms with E-state index in [1.807, 2.05) is 13.8 Å². The van der Waals surface area contributed by atoms with E-state index < -0.39 is 31.7 Å². The summed E-state index contributed by atoms with van der Waals surface area (Å²) in [6, 6.07) is 0. The number of rotatable bonds is 4. The molecule has 2 nitrogen and oxygen atoms in total. The first-order valence-corrected chi connectivity index (χ1v) is 9.83. The third-order valence-corrected chi connectivity index (χ3v) is 9.76. The highest BCUT2D eigenvalue weighted by Gasteiger charge is 2.55. The first-order valence-electron chi connectivity index (χ1n) is 8.35. The van der Waals surface area contributed by atoms with Crippen LogP contribution in [0.4, 0.5) is 8.78 Å². The van der Waals surface area contributed by atoms with Gasteiger partial charge in [-0.2, -0.15) is 0 Å². The van der Waals surface area contributed by atoms with Gasteiger partial charge in [-0.1, -0.05) is 13.8 Å². The smallest absolute Gasteiger partial charge is 0.161 e. The molecule has 2 fully saturated rings. The topological polar surface area (TPSA) is 34.1 Å². The quantitative estimate of drug-likeness (QED) is 0.762. The normalized spacial score (nSPS) is 41.9.